The number of hydrogen-bond acceptors (Lipinski definition) is 6. The van der Waals surface area contributed by atoms with Gasteiger partial charge in [0.15, 0.2) is 5.69 Å². The van der Waals surface area contributed by atoms with Gasteiger partial charge in [-0.2, -0.15) is 4.37 Å². The molecule has 3 amide bonds. The van der Waals surface area contributed by atoms with Crippen LogP contribution >= 0.6 is 11.5 Å². The van der Waals surface area contributed by atoms with Crippen LogP contribution in [0, 0.1) is 12.7 Å². The number of nitrogen functional groups attached to an aromatic ring is 1. The second-order valence-corrected chi connectivity index (χ2v) is 10.3. The first-order chi connectivity index (χ1) is 16.9. The van der Waals surface area contributed by atoms with E-state index in [1.165, 1.54) is 29.2 Å². The van der Waals surface area contributed by atoms with E-state index in [4.69, 9.17) is 11.5 Å². The minimum absolute atomic E-state index is 0.00394. The number of primary amides is 1. The molecule has 190 valence electrons. The number of nitrogens with zero attached hydrogens (tertiary/aromatic N) is 2. The molecular weight excluding hydrogens is 481 g/mol. The van der Waals surface area contributed by atoms with Crippen LogP contribution in [0.15, 0.2) is 48.5 Å². The Morgan fingerprint density at radius 2 is 1.75 bits per heavy atom. The van der Waals surface area contributed by atoms with Crippen molar-refractivity contribution in [1.82, 2.24) is 14.6 Å². The summed E-state index contributed by atoms with van der Waals surface area (Å²) in [5.74, 6) is -2.34. The average molecular weight is 512 g/mol. The number of aryl methyl sites for hydroxylation is 1. The number of amides is 3. The Balaban J connectivity index is 2.11. The summed E-state index contributed by atoms with van der Waals surface area (Å²) in [6, 6.07) is 12.1. The normalized spacial score (nSPS) is 12.1. The zero-order valence-electron chi connectivity index (χ0n) is 20.7. The van der Waals surface area contributed by atoms with Gasteiger partial charge in [-0.3, -0.25) is 14.4 Å². The van der Waals surface area contributed by atoms with Crippen molar-refractivity contribution in [2.75, 3.05) is 12.3 Å². The second kappa shape index (κ2) is 10.9. The van der Waals surface area contributed by atoms with Crippen LogP contribution in [0.5, 0.6) is 0 Å². The van der Waals surface area contributed by atoms with E-state index in [1.54, 1.807) is 0 Å². The molecule has 36 heavy (non-hydrogen) atoms. The van der Waals surface area contributed by atoms with Gasteiger partial charge >= 0.3 is 0 Å². The molecule has 1 atom stereocenters. The fourth-order valence-electron chi connectivity index (χ4n) is 3.79. The Morgan fingerprint density at radius 3 is 2.31 bits per heavy atom. The lowest BCUT2D eigenvalue weighted by molar-refractivity contribution is -0.127. The molecule has 0 fully saturated rings. The molecule has 5 N–H and O–H groups in total. The standard InChI is InChI=1S/C26H30FN5O3S/c1-15-7-5-6-8-16(15)13-14-32(25(35)22-19(28)20(23(29)33)31-36-22)21(24(34)30-26(2,3)4)17-9-11-18(27)12-10-17/h5-12,21H,13-14,28H2,1-4H3,(H2,29,33)(H,30,34). The third-order valence-electron chi connectivity index (χ3n) is 5.54. The van der Waals surface area contributed by atoms with E-state index in [0.717, 1.165) is 22.7 Å². The predicted octanol–water partition coefficient (Wildman–Crippen LogP) is 3.61. The molecule has 0 saturated carbocycles. The van der Waals surface area contributed by atoms with Crippen LogP contribution in [-0.4, -0.2) is 39.1 Å². The summed E-state index contributed by atoms with van der Waals surface area (Å²) < 4.78 is 17.7. The summed E-state index contributed by atoms with van der Waals surface area (Å²) in [5.41, 5.74) is 12.9. The molecule has 2 aromatic carbocycles. The number of aromatic nitrogens is 1. The van der Waals surface area contributed by atoms with Crippen LogP contribution in [0.3, 0.4) is 0 Å². The molecular formula is C26H30FN5O3S. The largest absolute Gasteiger partial charge is 0.395 e. The van der Waals surface area contributed by atoms with Crippen molar-refractivity contribution in [2.45, 2.75) is 45.7 Å². The van der Waals surface area contributed by atoms with Gasteiger partial charge in [-0.25, -0.2) is 4.39 Å². The minimum Gasteiger partial charge on any atom is -0.395 e. The SMILES string of the molecule is Cc1ccccc1CCN(C(=O)c1snc(C(N)=O)c1N)C(C(=O)NC(C)(C)C)c1ccc(F)cc1. The number of nitrogens with two attached hydrogens (primary N) is 2. The molecule has 3 rings (SSSR count). The van der Waals surface area contributed by atoms with Crippen LogP contribution < -0.4 is 16.8 Å². The van der Waals surface area contributed by atoms with Crippen LogP contribution in [0.1, 0.15) is 63.7 Å². The first-order valence-electron chi connectivity index (χ1n) is 11.4. The maximum absolute atomic E-state index is 13.9. The molecule has 0 aliphatic rings. The first kappa shape index (κ1) is 26.8. The fourth-order valence-corrected chi connectivity index (χ4v) is 4.56. The maximum atomic E-state index is 13.9. The maximum Gasteiger partial charge on any atom is 0.270 e. The molecule has 0 aliphatic heterocycles. The molecule has 0 bridgehead atoms. The lowest BCUT2D eigenvalue weighted by Crippen LogP contribution is -2.49. The van der Waals surface area contributed by atoms with Crippen molar-refractivity contribution >= 4 is 34.9 Å². The summed E-state index contributed by atoms with van der Waals surface area (Å²) in [5, 5.41) is 2.92. The van der Waals surface area contributed by atoms with Crippen molar-refractivity contribution in [1.29, 1.82) is 0 Å². The lowest BCUT2D eigenvalue weighted by Gasteiger charge is -2.33. The molecule has 1 heterocycles. The van der Waals surface area contributed by atoms with Crippen LogP contribution in [0.2, 0.25) is 0 Å². The van der Waals surface area contributed by atoms with Gasteiger partial charge in [-0.1, -0.05) is 36.4 Å². The van der Waals surface area contributed by atoms with Crippen LogP contribution in [0.4, 0.5) is 10.1 Å². The monoisotopic (exact) mass is 511 g/mol. The number of carbonyl (C=O) groups is 3. The highest BCUT2D eigenvalue weighted by Crippen LogP contribution is 2.30. The summed E-state index contributed by atoms with van der Waals surface area (Å²) in [6.07, 6.45) is 0.445. The summed E-state index contributed by atoms with van der Waals surface area (Å²) >= 11 is 0.747. The van der Waals surface area contributed by atoms with Crippen LogP contribution in [0.25, 0.3) is 0 Å². The van der Waals surface area contributed by atoms with Crippen LogP contribution in [-0.2, 0) is 11.2 Å². The Morgan fingerprint density at radius 1 is 1.11 bits per heavy atom. The number of benzene rings is 2. The topological polar surface area (TPSA) is 131 Å². The average Bonchev–Trinajstić information content (AvgIpc) is 3.18. The first-order valence-corrected chi connectivity index (χ1v) is 12.1. The van der Waals surface area contributed by atoms with E-state index in [-0.39, 0.29) is 22.8 Å². The van der Waals surface area contributed by atoms with E-state index in [2.05, 4.69) is 9.69 Å². The third kappa shape index (κ3) is 6.25. The van der Waals surface area contributed by atoms with Crippen molar-refractivity contribution in [3.05, 3.63) is 81.6 Å². The van der Waals surface area contributed by atoms with Crippen molar-refractivity contribution in [2.24, 2.45) is 5.73 Å². The van der Waals surface area contributed by atoms with E-state index in [1.807, 2.05) is 52.0 Å². The van der Waals surface area contributed by atoms with Gasteiger partial charge in [0.25, 0.3) is 11.8 Å². The summed E-state index contributed by atoms with van der Waals surface area (Å²) in [7, 11) is 0. The number of rotatable bonds is 8. The highest BCUT2D eigenvalue weighted by atomic mass is 32.1. The highest BCUT2D eigenvalue weighted by molar-refractivity contribution is 7.09. The van der Waals surface area contributed by atoms with E-state index < -0.39 is 35.1 Å². The molecule has 1 aromatic heterocycles. The molecule has 8 nitrogen and oxygen atoms in total. The smallest absolute Gasteiger partial charge is 0.270 e. The van der Waals surface area contributed by atoms with Gasteiger partial charge in [0.05, 0.1) is 5.69 Å². The van der Waals surface area contributed by atoms with Gasteiger partial charge in [0, 0.05) is 12.1 Å². The molecule has 10 heteroatoms. The fraction of sp³-hybridized carbons (Fsp3) is 0.308. The Kier molecular flexibility index (Phi) is 8.09. The van der Waals surface area contributed by atoms with E-state index >= 15 is 0 Å². The summed E-state index contributed by atoms with van der Waals surface area (Å²) in [4.78, 5) is 40.5. The molecule has 0 spiro atoms. The van der Waals surface area contributed by atoms with Gasteiger partial charge in [-0.05, 0) is 74.5 Å². The number of nitrogens with one attached hydrogen (secondary N) is 1. The molecule has 0 aliphatic carbocycles. The Hall–Kier alpha value is -3.79. The van der Waals surface area contributed by atoms with Crippen molar-refractivity contribution in [3.63, 3.8) is 0 Å². The third-order valence-corrected chi connectivity index (χ3v) is 6.39. The number of carbonyl (C=O) groups excluding carboxylic acids is 3. The zero-order valence-corrected chi connectivity index (χ0v) is 21.5. The predicted molar refractivity (Wildman–Crippen MR) is 138 cm³/mol. The number of anilines is 1. The Labute approximate surface area is 213 Å². The molecule has 0 radical (unpaired) electrons. The van der Waals surface area contributed by atoms with E-state index in [0.29, 0.717) is 12.0 Å². The Bertz CT molecular complexity index is 1270. The highest BCUT2D eigenvalue weighted by Gasteiger charge is 2.36. The van der Waals surface area contributed by atoms with Gasteiger partial charge in [-0.15, -0.1) is 0 Å². The van der Waals surface area contributed by atoms with Crippen molar-refractivity contribution < 1.29 is 18.8 Å². The van der Waals surface area contributed by atoms with E-state index in [9.17, 15) is 18.8 Å². The van der Waals surface area contributed by atoms with Gasteiger partial charge < -0.3 is 21.7 Å². The number of halogens is 1. The summed E-state index contributed by atoms with van der Waals surface area (Å²) in [6.45, 7) is 7.59. The molecule has 0 saturated heterocycles. The zero-order chi connectivity index (χ0) is 26.6. The number of hydrogen-bond donors (Lipinski definition) is 3. The molecule has 1 unspecified atom stereocenters. The van der Waals surface area contributed by atoms with Crippen molar-refractivity contribution in [3.8, 4) is 0 Å². The van der Waals surface area contributed by atoms with Gasteiger partial charge in [0.1, 0.15) is 16.7 Å². The molecule has 3 aromatic rings. The lowest BCUT2D eigenvalue weighted by atomic mass is 9.99. The van der Waals surface area contributed by atoms with Gasteiger partial charge in [0.2, 0.25) is 5.91 Å². The quantitative estimate of drug-likeness (QED) is 0.425. The minimum atomic E-state index is -1.10. The second-order valence-electron chi connectivity index (χ2n) is 9.51.